The van der Waals surface area contributed by atoms with Gasteiger partial charge < -0.3 is 9.64 Å². The molecule has 0 aromatic carbocycles. The van der Waals surface area contributed by atoms with Crippen LogP contribution >= 0.6 is 11.6 Å². The number of nitrogens with zero attached hydrogens (tertiary/aromatic N) is 3. The van der Waals surface area contributed by atoms with Gasteiger partial charge >= 0.3 is 0 Å². The van der Waals surface area contributed by atoms with Crippen LogP contribution in [0.1, 0.15) is 23.8 Å². The molecule has 0 bridgehead atoms. The standard InChI is InChI=1S/C16H20ClFN4O2/c1-4-13(8-12(17)7-11(2)18)22-6-5-14(20-22)16(23)21-9-15(24-3)19-10-21/h4-6,8,15,19H,2,7,9-10H2,1,3H3/b12-8+,13-4+. The quantitative estimate of drug-likeness (QED) is 0.798. The molecule has 1 aromatic heterocycles. The SMILES string of the molecule is C=C(F)C/C(Cl)=C\C(=C/C)n1ccc(C(=O)N2CNC(OC)C2)n1. The highest BCUT2D eigenvalue weighted by Gasteiger charge is 2.27. The molecule has 0 saturated carbocycles. The molecule has 1 N–H and O–H groups in total. The van der Waals surface area contributed by atoms with E-state index in [9.17, 15) is 9.18 Å². The predicted octanol–water partition coefficient (Wildman–Crippen LogP) is 2.72. The lowest BCUT2D eigenvalue weighted by Gasteiger charge is -2.12. The van der Waals surface area contributed by atoms with Gasteiger partial charge in [-0.1, -0.05) is 24.3 Å². The minimum atomic E-state index is -0.516. The largest absolute Gasteiger partial charge is 0.365 e. The van der Waals surface area contributed by atoms with Gasteiger partial charge in [0.1, 0.15) is 6.23 Å². The lowest BCUT2D eigenvalue weighted by Crippen LogP contribution is -2.30. The van der Waals surface area contributed by atoms with Crippen molar-refractivity contribution in [3.05, 3.63) is 47.5 Å². The zero-order valence-electron chi connectivity index (χ0n) is 13.6. The molecule has 8 heteroatoms. The molecule has 2 heterocycles. The zero-order chi connectivity index (χ0) is 17.7. The van der Waals surface area contributed by atoms with Crippen LogP contribution in [0.4, 0.5) is 4.39 Å². The van der Waals surface area contributed by atoms with Gasteiger partial charge in [0.25, 0.3) is 5.91 Å². The number of allylic oxidation sites excluding steroid dienone is 5. The molecular formula is C16H20ClFN4O2. The summed E-state index contributed by atoms with van der Waals surface area (Å²) in [6.45, 7) is 5.86. The first-order valence-electron chi connectivity index (χ1n) is 7.41. The Morgan fingerprint density at radius 3 is 3.00 bits per heavy atom. The van der Waals surface area contributed by atoms with Crippen molar-refractivity contribution in [3.8, 4) is 0 Å². The number of halogens is 2. The van der Waals surface area contributed by atoms with E-state index < -0.39 is 5.83 Å². The third-order valence-electron chi connectivity index (χ3n) is 3.50. The van der Waals surface area contributed by atoms with Crippen LogP contribution in [0.25, 0.3) is 5.70 Å². The molecule has 130 valence electrons. The minimum absolute atomic E-state index is 0.0518. The molecule has 1 amide bonds. The van der Waals surface area contributed by atoms with Gasteiger partial charge in [-0.3, -0.25) is 10.1 Å². The van der Waals surface area contributed by atoms with Crippen molar-refractivity contribution in [2.24, 2.45) is 0 Å². The van der Waals surface area contributed by atoms with Crippen LogP contribution < -0.4 is 5.32 Å². The van der Waals surface area contributed by atoms with Gasteiger partial charge in [-0.2, -0.15) is 5.10 Å². The van der Waals surface area contributed by atoms with E-state index in [2.05, 4.69) is 17.0 Å². The van der Waals surface area contributed by atoms with Crippen molar-refractivity contribution in [1.82, 2.24) is 20.0 Å². The molecule has 1 aliphatic heterocycles. The fourth-order valence-corrected chi connectivity index (χ4v) is 2.53. The number of carbonyl (C=O) groups is 1. The number of rotatable bonds is 6. The number of ether oxygens (including phenoxy) is 1. The molecule has 1 saturated heterocycles. The maximum Gasteiger partial charge on any atom is 0.275 e. The smallest absolute Gasteiger partial charge is 0.275 e. The summed E-state index contributed by atoms with van der Waals surface area (Å²) in [5.74, 6) is -0.708. The van der Waals surface area contributed by atoms with E-state index in [0.717, 1.165) is 0 Å². The van der Waals surface area contributed by atoms with E-state index in [1.54, 1.807) is 43.3 Å². The number of nitrogens with one attached hydrogen (secondary N) is 1. The fraction of sp³-hybridized carbons (Fsp3) is 0.375. The summed E-state index contributed by atoms with van der Waals surface area (Å²) in [5, 5.41) is 7.63. The van der Waals surface area contributed by atoms with E-state index >= 15 is 0 Å². The van der Waals surface area contributed by atoms with Crippen molar-refractivity contribution in [2.45, 2.75) is 19.6 Å². The topological polar surface area (TPSA) is 59.4 Å². The van der Waals surface area contributed by atoms with E-state index in [0.29, 0.717) is 29.6 Å². The summed E-state index contributed by atoms with van der Waals surface area (Å²) in [7, 11) is 1.58. The third kappa shape index (κ3) is 4.53. The van der Waals surface area contributed by atoms with Crippen LogP contribution in [0.5, 0.6) is 0 Å². The molecule has 24 heavy (non-hydrogen) atoms. The van der Waals surface area contributed by atoms with Crippen molar-refractivity contribution >= 4 is 23.2 Å². The van der Waals surface area contributed by atoms with Crippen molar-refractivity contribution in [3.63, 3.8) is 0 Å². The van der Waals surface area contributed by atoms with Gasteiger partial charge in [0.05, 0.1) is 24.7 Å². The Bertz CT molecular complexity index is 683. The first kappa shape index (κ1) is 18.4. The predicted molar refractivity (Wildman–Crippen MR) is 90.8 cm³/mol. The monoisotopic (exact) mass is 354 g/mol. The molecule has 6 nitrogen and oxygen atoms in total. The van der Waals surface area contributed by atoms with Crippen LogP contribution in [0.2, 0.25) is 0 Å². The second-order valence-corrected chi connectivity index (χ2v) is 5.74. The Hall–Kier alpha value is -1.96. The highest BCUT2D eigenvalue weighted by atomic mass is 35.5. The Balaban J connectivity index is 2.11. The van der Waals surface area contributed by atoms with Gasteiger partial charge in [0, 0.05) is 24.8 Å². The summed E-state index contributed by atoms with van der Waals surface area (Å²) in [4.78, 5) is 14.0. The van der Waals surface area contributed by atoms with Gasteiger partial charge in [-0.05, 0) is 19.1 Å². The number of carbonyl (C=O) groups excluding carboxylic acids is 1. The third-order valence-corrected chi connectivity index (χ3v) is 3.74. The maximum atomic E-state index is 12.8. The molecule has 1 atom stereocenters. The molecule has 0 aliphatic carbocycles. The Labute approximate surface area is 145 Å². The Kier molecular flexibility index (Phi) is 6.30. The number of amides is 1. The molecule has 1 aliphatic rings. The number of aromatic nitrogens is 2. The summed E-state index contributed by atoms with van der Waals surface area (Å²) in [6, 6.07) is 1.63. The average molecular weight is 355 g/mol. The van der Waals surface area contributed by atoms with Crippen LogP contribution in [0, 0.1) is 0 Å². The van der Waals surface area contributed by atoms with Gasteiger partial charge in [-0.25, -0.2) is 9.07 Å². The summed E-state index contributed by atoms with van der Waals surface area (Å²) >= 11 is 5.99. The van der Waals surface area contributed by atoms with Crippen LogP contribution in [-0.2, 0) is 4.74 Å². The number of methoxy groups -OCH3 is 1. The second kappa shape index (κ2) is 8.23. The van der Waals surface area contributed by atoms with E-state index in [4.69, 9.17) is 16.3 Å². The lowest BCUT2D eigenvalue weighted by molar-refractivity contribution is 0.0705. The van der Waals surface area contributed by atoms with Gasteiger partial charge in [-0.15, -0.1) is 0 Å². The van der Waals surface area contributed by atoms with E-state index in [-0.39, 0.29) is 18.6 Å². The molecule has 1 fully saturated rings. The molecule has 0 radical (unpaired) electrons. The summed E-state index contributed by atoms with van der Waals surface area (Å²) < 4.78 is 19.5. The van der Waals surface area contributed by atoms with Crippen molar-refractivity contribution in [1.29, 1.82) is 0 Å². The van der Waals surface area contributed by atoms with Gasteiger partial charge in [0.2, 0.25) is 0 Å². The van der Waals surface area contributed by atoms with E-state index in [1.165, 1.54) is 4.68 Å². The Morgan fingerprint density at radius 1 is 1.67 bits per heavy atom. The minimum Gasteiger partial charge on any atom is -0.365 e. The maximum absolute atomic E-state index is 12.8. The van der Waals surface area contributed by atoms with E-state index in [1.807, 2.05) is 0 Å². The lowest BCUT2D eigenvalue weighted by atomic mass is 10.3. The fourth-order valence-electron chi connectivity index (χ4n) is 2.27. The summed E-state index contributed by atoms with van der Waals surface area (Å²) in [6.07, 6.45) is 4.79. The molecular weight excluding hydrogens is 335 g/mol. The first-order valence-corrected chi connectivity index (χ1v) is 7.79. The molecule has 1 aromatic rings. The number of hydrogen-bond donors (Lipinski definition) is 1. The van der Waals surface area contributed by atoms with Crippen LogP contribution in [-0.4, -0.2) is 47.1 Å². The summed E-state index contributed by atoms with van der Waals surface area (Å²) in [5.41, 5.74) is 0.946. The first-order chi connectivity index (χ1) is 11.4. The van der Waals surface area contributed by atoms with Crippen molar-refractivity contribution in [2.75, 3.05) is 20.3 Å². The zero-order valence-corrected chi connectivity index (χ0v) is 14.4. The molecule has 2 rings (SSSR count). The van der Waals surface area contributed by atoms with Gasteiger partial charge in [0.15, 0.2) is 5.69 Å². The highest BCUT2D eigenvalue weighted by Crippen LogP contribution is 2.19. The number of hydrogen-bond acceptors (Lipinski definition) is 4. The highest BCUT2D eigenvalue weighted by molar-refractivity contribution is 6.30. The average Bonchev–Trinajstić information content (AvgIpc) is 3.20. The van der Waals surface area contributed by atoms with Crippen LogP contribution in [0.15, 0.2) is 41.9 Å². The normalized spacial score (nSPS) is 19.0. The second-order valence-electron chi connectivity index (χ2n) is 5.26. The Morgan fingerprint density at radius 2 is 2.42 bits per heavy atom. The van der Waals surface area contributed by atoms with Crippen LogP contribution in [0.3, 0.4) is 0 Å². The molecule has 1 unspecified atom stereocenters. The molecule has 0 spiro atoms. The van der Waals surface area contributed by atoms with Crippen molar-refractivity contribution < 1.29 is 13.9 Å².